The summed E-state index contributed by atoms with van der Waals surface area (Å²) in [6.07, 6.45) is 0.854. The zero-order chi connectivity index (χ0) is 15.2. The van der Waals surface area contributed by atoms with Crippen molar-refractivity contribution in [1.82, 2.24) is 10.2 Å². The summed E-state index contributed by atoms with van der Waals surface area (Å²) in [6.45, 7) is 2.74. The van der Waals surface area contributed by atoms with Crippen molar-refractivity contribution in [3.05, 3.63) is 22.7 Å². The van der Waals surface area contributed by atoms with Crippen LogP contribution in [0, 0.1) is 0 Å². The highest BCUT2D eigenvalue weighted by Crippen LogP contribution is 2.27. The third-order valence-corrected chi connectivity index (χ3v) is 3.85. The molecule has 2 amide bonds. The lowest BCUT2D eigenvalue weighted by Crippen LogP contribution is -2.41. The molecule has 0 atom stereocenters. The number of rotatable bonds is 2. The second-order valence-corrected chi connectivity index (χ2v) is 5.55. The van der Waals surface area contributed by atoms with Gasteiger partial charge in [-0.15, -0.1) is 0 Å². The van der Waals surface area contributed by atoms with Crippen LogP contribution in [0.1, 0.15) is 6.42 Å². The molecular formula is C14H18BrN3O3. The second kappa shape index (κ2) is 7.42. The van der Waals surface area contributed by atoms with Crippen LogP contribution >= 0.6 is 15.9 Å². The molecule has 2 N–H and O–H groups in total. The fourth-order valence-electron chi connectivity index (χ4n) is 2.12. The van der Waals surface area contributed by atoms with E-state index in [-0.39, 0.29) is 0 Å². The van der Waals surface area contributed by atoms with E-state index < -0.39 is 11.8 Å². The van der Waals surface area contributed by atoms with E-state index in [0.717, 1.165) is 13.0 Å². The van der Waals surface area contributed by atoms with Crippen LogP contribution in [-0.4, -0.2) is 50.0 Å². The second-order valence-electron chi connectivity index (χ2n) is 4.70. The van der Waals surface area contributed by atoms with Crippen molar-refractivity contribution >= 4 is 33.4 Å². The maximum absolute atomic E-state index is 12.1. The van der Waals surface area contributed by atoms with Crippen molar-refractivity contribution < 1.29 is 14.3 Å². The van der Waals surface area contributed by atoms with Gasteiger partial charge >= 0.3 is 11.8 Å². The van der Waals surface area contributed by atoms with Gasteiger partial charge in [0.15, 0.2) is 0 Å². The average Bonchev–Trinajstić information content (AvgIpc) is 2.75. The highest BCUT2D eigenvalue weighted by molar-refractivity contribution is 9.10. The Morgan fingerprint density at radius 2 is 2.14 bits per heavy atom. The summed E-state index contributed by atoms with van der Waals surface area (Å²) in [4.78, 5) is 25.7. The fraction of sp³-hybridized carbons (Fsp3) is 0.429. The number of carbonyl (C=O) groups excluding carboxylic acids is 2. The number of nitrogens with one attached hydrogen (secondary N) is 2. The first-order chi connectivity index (χ1) is 10.1. The van der Waals surface area contributed by atoms with E-state index >= 15 is 0 Å². The fourth-order valence-corrected chi connectivity index (χ4v) is 2.66. The van der Waals surface area contributed by atoms with E-state index in [1.54, 1.807) is 30.2 Å². The Labute approximate surface area is 132 Å². The van der Waals surface area contributed by atoms with Gasteiger partial charge in [-0.05, 0) is 47.1 Å². The lowest BCUT2D eigenvalue weighted by Gasteiger charge is -2.19. The first kappa shape index (κ1) is 15.8. The Morgan fingerprint density at radius 3 is 2.86 bits per heavy atom. The maximum atomic E-state index is 12.1. The predicted molar refractivity (Wildman–Crippen MR) is 83.4 cm³/mol. The van der Waals surface area contributed by atoms with E-state index in [1.165, 1.54) is 0 Å². The normalized spacial score (nSPS) is 15.2. The van der Waals surface area contributed by atoms with Crippen LogP contribution in [0.5, 0.6) is 5.75 Å². The van der Waals surface area contributed by atoms with Crippen molar-refractivity contribution in [2.24, 2.45) is 0 Å². The molecular weight excluding hydrogens is 338 g/mol. The molecule has 0 aromatic heterocycles. The molecule has 7 heteroatoms. The Kier molecular flexibility index (Phi) is 5.58. The van der Waals surface area contributed by atoms with Crippen molar-refractivity contribution in [2.45, 2.75) is 6.42 Å². The molecule has 0 spiro atoms. The number of methoxy groups -OCH3 is 1. The molecule has 114 valence electrons. The Bertz CT molecular complexity index is 528. The lowest BCUT2D eigenvalue weighted by atomic mass is 10.3. The van der Waals surface area contributed by atoms with Crippen molar-refractivity contribution in [1.29, 1.82) is 0 Å². The smallest absolute Gasteiger partial charge is 0.313 e. The zero-order valence-corrected chi connectivity index (χ0v) is 13.4. The van der Waals surface area contributed by atoms with Gasteiger partial charge in [0.25, 0.3) is 0 Å². The number of hydrogen-bond donors (Lipinski definition) is 2. The van der Waals surface area contributed by atoms with Crippen LogP contribution < -0.4 is 15.4 Å². The van der Waals surface area contributed by atoms with Crippen LogP contribution in [-0.2, 0) is 9.59 Å². The maximum Gasteiger partial charge on any atom is 0.313 e. The van der Waals surface area contributed by atoms with Gasteiger partial charge < -0.3 is 20.3 Å². The number of ether oxygens (including phenoxy) is 1. The summed E-state index contributed by atoms with van der Waals surface area (Å²) in [6, 6.07) is 5.12. The van der Waals surface area contributed by atoms with Crippen LogP contribution in [0.4, 0.5) is 5.69 Å². The van der Waals surface area contributed by atoms with Crippen LogP contribution in [0.3, 0.4) is 0 Å². The number of hydrogen-bond acceptors (Lipinski definition) is 4. The van der Waals surface area contributed by atoms with Crippen LogP contribution in [0.25, 0.3) is 0 Å². The monoisotopic (exact) mass is 355 g/mol. The number of benzene rings is 1. The standard InChI is InChI=1S/C14H18BrN3O3/c1-21-12-4-3-10(9-11(12)15)17-13(19)14(20)18-7-2-5-16-6-8-18/h3-4,9,16H,2,5-8H2,1H3,(H,17,19). The molecule has 1 aliphatic rings. The minimum atomic E-state index is -0.617. The quantitative estimate of drug-likeness (QED) is 0.782. The summed E-state index contributed by atoms with van der Waals surface area (Å²) in [5.41, 5.74) is 0.550. The molecule has 1 aliphatic heterocycles. The minimum absolute atomic E-state index is 0.495. The van der Waals surface area contributed by atoms with Gasteiger partial charge in [-0.25, -0.2) is 0 Å². The zero-order valence-electron chi connectivity index (χ0n) is 11.8. The van der Waals surface area contributed by atoms with Gasteiger partial charge in [0, 0.05) is 25.3 Å². The van der Waals surface area contributed by atoms with E-state index in [0.29, 0.717) is 35.5 Å². The average molecular weight is 356 g/mol. The van der Waals surface area contributed by atoms with Gasteiger partial charge in [0.1, 0.15) is 5.75 Å². The molecule has 1 aromatic rings. The molecule has 1 aromatic carbocycles. The Balaban J connectivity index is 1.99. The van der Waals surface area contributed by atoms with Gasteiger partial charge in [-0.2, -0.15) is 0 Å². The number of nitrogens with zero attached hydrogens (tertiary/aromatic N) is 1. The van der Waals surface area contributed by atoms with E-state index in [2.05, 4.69) is 26.6 Å². The number of amides is 2. The first-order valence-corrected chi connectivity index (χ1v) is 7.55. The van der Waals surface area contributed by atoms with Gasteiger partial charge in [0.2, 0.25) is 0 Å². The SMILES string of the molecule is COc1ccc(NC(=O)C(=O)N2CCCNCC2)cc1Br. The van der Waals surface area contributed by atoms with Crippen LogP contribution in [0.15, 0.2) is 22.7 Å². The molecule has 0 saturated carbocycles. The summed E-state index contributed by atoms with van der Waals surface area (Å²) in [7, 11) is 1.56. The molecule has 0 aliphatic carbocycles. The number of anilines is 1. The third kappa shape index (κ3) is 4.18. The van der Waals surface area contributed by atoms with Crippen molar-refractivity contribution in [2.75, 3.05) is 38.6 Å². The minimum Gasteiger partial charge on any atom is -0.496 e. The predicted octanol–water partition coefficient (Wildman–Crippen LogP) is 1.22. The molecule has 2 rings (SSSR count). The molecule has 0 unspecified atom stereocenters. The molecule has 6 nitrogen and oxygen atoms in total. The summed E-state index contributed by atoms with van der Waals surface area (Å²) >= 11 is 3.34. The Morgan fingerprint density at radius 1 is 1.33 bits per heavy atom. The van der Waals surface area contributed by atoms with E-state index in [9.17, 15) is 9.59 Å². The van der Waals surface area contributed by atoms with Gasteiger partial charge in [0.05, 0.1) is 11.6 Å². The molecule has 0 radical (unpaired) electrons. The third-order valence-electron chi connectivity index (χ3n) is 3.23. The highest BCUT2D eigenvalue weighted by Gasteiger charge is 2.22. The van der Waals surface area contributed by atoms with E-state index in [4.69, 9.17) is 4.74 Å². The van der Waals surface area contributed by atoms with Crippen molar-refractivity contribution in [3.63, 3.8) is 0 Å². The Hall–Kier alpha value is -1.60. The molecule has 0 bridgehead atoms. The van der Waals surface area contributed by atoms with Crippen molar-refractivity contribution in [3.8, 4) is 5.75 Å². The first-order valence-electron chi connectivity index (χ1n) is 6.76. The number of halogens is 1. The molecule has 1 saturated heterocycles. The topological polar surface area (TPSA) is 70.7 Å². The molecule has 21 heavy (non-hydrogen) atoms. The highest BCUT2D eigenvalue weighted by atomic mass is 79.9. The largest absolute Gasteiger partial charge is 0.496 e. The molecule has 1 fully saturated rings. The van der Waals surface area contributed by atoms with Gasteiger partial charge in [-0.3, -0.25) is 9.59 Å². The summed E-state index contributed by atoms with van der Waals surface area (Å²) in [5.74, 6) is -0.447. The van der Waals surface area contributed by atoms with E-state index in [1.807, 2.05) is 0 Å². The summed E-state index contributed by atoms with van der Waals surface area (Å²) < 4.78 is 5.84. The lowest BCUT2D eigenvalue weighted by molar-refractivity contribution is -0.143. The van der Waals surface area contributed by atoms with Gasteiger partial charge in [-0.1, -0.05) is 0 Å². The van der Waals surface area contributed by atoms with Crippen LogP contribution in [0.2, 0.25) is 0 Å². The summed E-state index contributed by atoms with van der Waals surface area (Å²) in [5, 5.41) is 5.81. The number of carbonyl (C=O) groups is 2. The molecule has 1 heterocycles.